The lowest BCUT2D eigenvalue weighted by atomic mass is 10.1. The van der Waals surface area contributed by atoms with Crippen LogP contribution < -0.4 is 4.74 Å². The third kappa shape index (κ3) is 3.06. The van der Waals surface area contributed by atoms with Gasteiger partial charge in [-0.3, -0.25) is 4.98 Å². The molecule has 3 aromatic heterocycles. The van der Waals surface area contributed by atoms with E-state index in [0.29, 0.717) is 0 Å². The van der Waals surface area contributed by atoms with Gasteiger partial charge in [-0.05, 0) is 13.0 Å². The second kappa shape index (κ2) is 6.84. The molecule has 4 aromatic rings. The summed E-state index contributed by atoms with van der Waals surface area (Å²) < 4.78 is 7.51. The number of para-hydroxylation sites is 1. The van der Waals surface area contributed by atoms with Crippen molar-refractivity contribution >= 4 is 22.2 Å². The van der Waals surface area contributed by atoms with Crippen LogP contribution in [-0.4, -0.2) is 31.6 Å². The van der Waals surface area contributed by atoms with Crippen LogP contribution in [0.1, 0.15) is 17.3 Å². The molecule has 0 spiro atoms. The van der Waals surface area contributed by atoms with Gasteiger partial charge >= 0.3 is 0 Å². The molecule has 0 radical (unpaired) electrons. The van der Waals surface area contributed by atoms with Gasteiger partial charge in [0.25, 0.3) is 0 Å². The summed E-state index contributed by atoms with van der Waals surface area (Å²) in [6.07, 6.45) is 5.38. The zero-order chi connectivity index (χ0) is 18.1. The highest BCUT2D eigenvalue weighted by Crippen LogP contribution is 2.26. The number of aryl methyl sites for hydroxylation is 4. The third-order valence-corrected chi connectivity index (χ3v) is 5.17. The van der Waals surface area contributed by atoms with Gasteiger partial charge in [0, 0.05) is 43.4 Å². The average Bonchev–Trinajstić information content (AvgIpc) is 3.29. The molecule has 7 heteroatoms. The van der Waals surface area contributed by atoms with Gasteiger partial charge < -0.3 is 9.30 Å². The van der Waals surface area contributed by atoms with Crippen LogP contribution in [0, 0.1) is 6.92 Å². The fraction of sp³-hybridized carbons (Fsp3) is 0.263. The molecule has 6 nitrogen and oxygen atoms in total. The zero-order valence-corrected chi connectivity index (χ0v) is 15.7. The summed E-state index contributed by atoms with van der Waals surface area (Å²) in [6, 6.07) is 5.92. The van der Waals surface area contributed by atoms with Gasteiger partial charge in [-0.1, -0.05) is 12.1 Å². The number of methoxy groups -OCH3 is 1. The van der Waals surface area contributed by atoms with Crippen molar-refractivity contribution in [3.63, 3.8) is 0 Å². The van der Waals surface area contributed by atoms with E-state index in [-0.39, 0.29) is 0 Å². The van der Waals surface area contributed by atoms with Crippen molar-refractivity contribution in [3.8, 4) is 16.3 Å². The van der Waals surface area contributed by atoms with Crippen LogP contribution in [0.25, 0.3) is 21.5 Å². The summed E-state index contributed by atoms with van der Waals surface area (Å²) in [5, 5.41) is 1.03. The van der Waals surface area contributed by atoms with Gasteiger partial charge in [0.05, 0.1) is 17.5 Å². The van der Waals surface area contributed by atoms with Crippen molar-refractivity contribution in [2.75, 3.05) is 7.11 Å². The van der Waals surface area contributed by atoms with Crippen molar-refractivity contribution in [3.05, 3.63) is 53.4 Å². The number of benzene rings is 1. The number of ether oxygens (including phenoxy) is 1. The standard InChI is InChI=1S/C19H19N5OS/c1-12-13-5-4-6-15(25-3)19(13)23-17(21-12)7-8-18-22-14(10-24(18)2)16-9-20-11-26-16/h4-6,9-11H,7-8H2,1-3H3. The Kier molecular flexibility index (Phi) is 4.38. The van der Waals surface area contributed by atoms with Crippen molar-refractivity contribution < 1.29 is 4.74 Å². The Hall–Kier alpha value is -2.80. The molecule has 0 saturated heterocycles. The fourth-order valence-electron chi connectivity index (χ4n) is 3.04. The van der Waals surface area contributed by atoms with Gasteiger partial charge in [-0.15, -0.1) is 11.3 Å². The van der Waals surface area contributed by atoms with Crippen molar-refractivity contribution in [1.82, 2.24) is 24.5 Å². The average molecular weight is 365 g/mol. The van der Waals surface area contributed by atoms with Crippen LogP contribution >= 0.6 is 11.3 Å². The molecule has 0 saturated carbocycles. The Labute approximate surface area is 155 Å². The molecule has 4 rings (SSSR count). The topological polar surface area (TPSA) is 65.7 Å². The van der Waals surface area contributed by atoms with Gasteiger partial charge in [0.1, 0.15) is 28.6 Å². The molecule has 132 valence electrons. The molecule has 1 aromatic carbocycles. The van der Waals surface area contributed by atoms with E-state index in [0.717, 1.165) is 57.4 Å². The Balaban J connectivity index is 1.60. The van der Waals surface area contributed by atoms with Crippen molar-refractivity contribution in [2.45, 2.75) is 19.8 Å². The summed E-state index contributed by atoms with van der Waals surface area (Å²) in [4.78, 5) is 19.3. The first-order valence-corrected chi connectivity index (χ1v) is 9.25. The molecule has 26 heavy (non-hydrogen) atoms. The zero-order valence-electron chi connectivity index (χ0n) is 14.9. The first-order chi connectivity index (χ1) is 12.7. The van der Waals surface area contributed by atoms with Crippen LogP contribution in [0.4, 0.5) is 0 Å². The van der Waals surface area contributed by atoms with E-state index >= 15 is 0 Å². The number of aromatic nitrogens is 5. The SMILES string of the molecule is COc1cccc2c(C)nc(CCc3nc(-c4cncs4)cn3C)nc12. The fourth-order valence-corrected chi connectivity index (χ4v) is 3.61. The smallest absolute Gasteiger partial charge is 0.145 e. The summed E-state index contributed by atoms with van der Waals surface area (Å²) in [7, 11) is 3.68. The summed E-state index contributed by atoms with van der Waals surface area (Å²) in [5.41, 5.74) is 4.61. The van der Waals surface area contributed by atoms with E-state index in [1.807, 2.05) is 50.1 Å². The number of rotatable bonds is 5. The molecule has 0 aliphatic heterocycles. The highest BCUT2D eigenvalue weighted by molar-refractivity contribution is 7.13. The minimum absolute atomic E-state index is 0.724. The summed E-state index contributed by atoms with van der Waals surface area (Å²) >= 11 is 1.59. The van der Waals surface area contributed by atoms with Gasteiger partial charge in [0.2, 0.25) is 0 Å². The summed E-state index contributed by atoms with van der Waals surface area (Å²) in [5.74, 6) is 2.59. The largest absolute Gasteiger partial charge is 0.494 e. The number of hydrogen-bond acceptors (Lipinski definition) is 6. The van der Waals surface area contributed by atoms with E-state index in [1.54, 1.807) is 18.4 Å². The molecule has 0 aliphatic carbocycles. The van der Waals surface area contributed by atoms with Gasteiger partial charge in [0.15, 0.2) is 0 Å². The molecule has 0 unspecified atom stereocenters. The first kappa shape index (κ1) is 16.7. The van der Waals surface area contributed by atoms with E-state index in [1.165, 1.54) is 0 Å². The Morgan fingerprint density at radius 1 is 1.15 bits per heavy atom. The Bertz CT molecular complexity index is 1060. The number of nitrogens with zero attached hydrogens (tertiary/aromatic N) is 5. The quantitative estimate of drug-likeness (QED) is 0.541. The highest BCUT2D eigenvalue weighted by atomic mass is 32.1. The number of imidazole rings is 1. The Morgan fingerprint density at radius 3 is 2.81 bits per heavy atom. The van der Waals surface area contributed by atoms with E-state index in [2.05, 4.69) is 14.5 Å². The number of thiazole rings is 1. The maximum absolute atomic E-state index is 5.45. The molecule has 0 atom stereocenters. The van der Waals surface area contributed by atoms with Crippen LogP contribution in [0.2, 0.25) is 0 Å². The maximum atomic E-state index is 5.45. The molecular formula is C19H19N5OS. The first-order valence-electron chi connectivity index (χ1n) is 8.37. The predicted molar refractivity (Wildman–Crippen MR) is 103 cm³/mol. The predicted octanol–water partition coefficient (Wildman–Crippen LogP) is 3.59. The van der Waals surface area contributed by atoms with E-state index < -0.39 is 0 Å². The molecule has 3 heterocycles. The van der Waals surface area contributed by atoms with Gasteiger partial charge in [-0.25, -0.2) is 15.0 Å². The minimum atomic E-state index is 0.724. The van der Waals surface area contributed by atoms with Crippen molar-refractivity contribution in [1.29, 1.82) is 0 Å². The van der Waals surface area contributed by atoms with Crippen molar-refractivity contribution in [2.24, 2.45) is 7.05 Å². The van der Waals surface area contributed by atoms with Crippen LogP contribution in [-0.2, 0) is 19.9 Å². The normalized spacial score (nSPS) is 11.2. The molecule has 0 N–H and O–H groups in total. The number of hydrogen-bond donors (Lipinski definition) is 0. The van der Waals surface area contributed by atoms with E-state index in [4.69, 9.17) is 14.7 Å². The highest BCUT2D eigenvalue weighted by Gasteiger charge is 2.12. The number of fused-ring (bicyclic) bond motifs is 1. The molecule has 0 bridgehead atoms. The monoisotopic (exact) mass is 365 g/mol. The lowest BCUT2D eigenvalue weighted by Crippen LogP contribution is -2.05. The van der Waals surface area contributed by atoms with Crippen LogP contribution in [0.3, 0.4) is 0 Å². The third-order valence-electron chi connectivity index (χ3n) is 4.38. The molecule has 0 amide bonds. The van der Waals surface area contributed by atoms with Gasteiger partial charge in [-0.2, -0.15) is 0 Å². The minimum Gasteiger partial charge on any atom is -0.494 e. The van der Waals surface area contributed by atoms with E-state index in [9.17, 15) is 0 Å². The molecule has 0 aliphatic rings. The van der Waals surface area contributed by atoms with Crippen LogP contribution in [0.15, 0.2) is 36.1 Å². The molecule has 0 fully saturated rings. The molecular weight excluding hydrogens is 346 g/mol. The second-order valence-corrected chi connectivity index (χ2v) is 6.99. The lowest BCUT2D eigenvalue weighted by molar-refractivity contribution is 0.418. The van der Waals surface area contributed by atoms with Crippen LogP contribution in [0.5, 0.6) is 5.75 Å². The maximum Gasteiger partial charge on any atom is 0.145 e. The lowest BCUT2D eigenvalue weighted by Gasteiger charge is -2.09. The second-order valence-electron chi connectivity index (χ2n) is 6.10. The summed E-state index contributed by atoms with van der Waals surface area (Å²) in [6.45, 7) is 2.01. The Morgan fingerprint density at radius 2 is 2.04 bits per heavy atom.